The van der Waals surface area contributed by atoms with Gasteiger partial charge in [-0.2, -0.15) is 0 Å². The van der Waals surface area contributed by atoms with Crippen molar-refractivity contribution in [2.75, 3.05) is 13.2 Å². The zero-order valence-electron chi connectivity index (χ0n) is 13.2. The minimum absolute atomic E-state index is 0.341. The van der Waals surface area contributed by atoms with E-state index in [0.717, 1.165) is 9.47 Å². The van der Waals surface area contributed by atoms with E-state index < -0.39 is 42.7 Å². The first-order valence-corrected chi connectivity index (χ1v) is 7.10. The predicted molar refractivity (Wildman–Crippen MR) is 75.3 cm³/mol. The average molecular weight is 331 g/mol. The number of aromatic nitrogens is 2. The van der Waals surface area contributed by atoms with Crippen LogP contribution in [-0.4, -0.2) is 57.4 Å². The number of rotatable bonds is 2. The monoisotopic (exact) mass is 331 g/mol. The van der Waals surface area contributed by atoms with Crippen molar-refractivity contribution in [1.82, 2.24) is 14.5 Å². The number of likely N-dealkylation sites (tertiary alicyclic amines) is 1. The van der Waals surface area contributed by atoms with E-state index in [0.29, 0.717) is 0 Å². The molecular weight excluding hydrogens is 312 g/mol. The molecule has 7 nitrogen and oxygen atoms in total. The highest BCUT2D eigenvalue weighted by atomic mass is 19.3. The maximum absolute atomic E-state index is 13.6. The molecule has 0 aromatic carbocycles. The number of imidazole rings is 1. The highest BCUT2D eigenvalue weighted by Crippen LogP contribution is 2.33. The Balaban J connectivity index is 2.00. The summed E-state index contributed by atoms with van der Waals surface area (Å²) in [7, 11) is 0. The van der Waals surface area contributed by atoms with Crippen LogP contribution in [0.1, 0.15) is 27.2 Å². The molecule has 0 aliphatic carbocycles. The van der Waals surface area contributed by atoms with Crippen molar-refractivity contribution >= 4 is 12.2 Å². The summed E-state index contributed by atoms with van der Waals surface area (Å²) in [6.07, 6.45) is 1.82. The van der Waals surface area contributed by atoms with Crippen LogP contribution in [0.4, 0.5) is 18.4 Å². The van der Waals surface area contributed by atoms with Crippen LogP contribution in [0.15, 0.2) is 18.7 Å². The molecule has 9 heteroatoms. The van der Waals surface area contributed by atoms with Gasteiger partial charge in [0.25, 0.3) is 5.92 Å². The number of carbonyl (C=O) groups excluding carboxylic acids is 2. The molecule has 0 unspecified atom stereocenters. The van der Waals surface area contributed by atoms with E-state index in [1.54, 1.807) is 20.8 Å². The number of nitrogens with zero attached hydrogens (tertiary/aromatic N) is 3. The molecule has 0 saturated carbocycles. The Bertz CT molecular complexity index is 569. The van der Waals surface area contributed by atoms with Crippen LogP contribution in [0, 0.1) is 0 Å². The van der Waals surface area contributed by atoms with Crippen LogP contribution >= 0.6 is 0 Å². The van der Waals surface area contributed by atoms with E-state index in [4.69, 9.17) is 9.47 Å². The van der Waals surface area contributed by atoms with Crippen LogP contribution in [0.5, 0.6) is 0 Å². The molecule has 23 heavy (non-hydrogen) atoms. The minimum Gasteiger partial charge on any atom is -0.447 e. The first-order valence-electron chi connectivity index (χ1n) is 7.10. The quantitative estimate of drug-likeness (QED) is 0.832. The lowest BCUT2D eigenvalue weighted by Crippen LogP contribution is -2.42. The lowest BCUT2D eigenvalue weighted by atomic mass is 10.2. The highest BCUT2D eigenvalue weighted by molar-refractivity contribution is 5.71. The van der Waals surface area contributed by atoms with E-state index >= 15 is 0 Å². The number of halogens is 2. The Hall–Kier alpha value is -2.19. The molecule has 0 N–H and O–H groups in total. The van der Waals surface area contributed by atoms with E-state index in [9.17, 15) is 18.4 Å². The molecule has 1 aliphatic heterocycles. The van der Waals surface area contributed by atoms with Crippen molar-refractivity contribution in [3.63, 3.8) is 0 Å². The third kappa shape index (κ3) is 4.64. The topological polar surface area (TPSA) is 73.7 Å². The van der Waals surface area contributed by atoms with Gasteiger partial charge in [0.05, 0.1) is 12.6 Å². The molecular formula is C14H19F2N3O4. The van der Waals surface area contributed by atoms with Gasteiger partial charge in [-0.15, -0.1) is 0 Å². The number of hydrogen-bond acceptors (Lipinski definition) is 5. The van der Waals surface area contributed by atoms with Crippen molar-refractivity contribution in [2.45, 2.75) is 44.8 Å². The van der Waals surface area contributed by atoms with E-state index in [1.165, 1.54) is 18.7 Å². The van der Waals surface area contributed by atoms with Crippen LogP contribution in [-0.2, 0) is 9.47 Å². The Morgan fingerprint density at radius 1 is 1.35 bits per heavy atom. The zero-order chi connectivity index (χ0) is 17.3. The molecule has 2 heterocycles. The molecule has 0 bridgehead atoms. The lowest BCUT2D eigenvalue weighted by molar-refractivity contribution is -0.00297. The number of ether oxygens (including phenoxy) is 2. The molecule has 1 aromatic heterocycles. The fraction of sp³-hybridized carbons (Fsp3) is 0.643. The van der Waals surface area contributed by atoms with Gasteiger partial charge in [-0.25, -0.2) is 27.9 Å². The lowest BCUT2D eigenvalue weighted by Gasteiger charge is -2.27. The molecule has 1 saturated heterocycles. The van der Waals surface area contributed by atoms with Gasteiger partial charge in [-0.05, 0) is 20.8 Å². The van der Waals surface area contributed by atoms with Crippen molar-refractivity contribution in [2.24, 2.45) is 0 Å². The Morgan fingerprint density at radius 3 is 2.61 bits per heavy atom. The van der Waals surface area contributed by atoms with Crippen molar-refractivity contribution < 1.29 is 27.8 Å². The second-order valence-corrected chi connectivity index (χ2v) is 6.37. The van der Waals surface area contributed by atoms with Crippen molar-refractivity contribution in [1.29, 1.82) is 0 Å². The number of amides is 1. The molecule has 0 radical (unpaired) electrons. The fourth-order valence-electron chi connectivity index (χ4n) is 2.19. The summed E-state index contributed by atoms with van der Waals surface area (Å²) in [6.45, 7) is 3.84. The molecule has 128 valence electrons. The van der Waals surface area contributed by atoms with Crippen LogP contribution in [0.25, 0.3) is 0 Å². The number of alkyl halides is 2. The van der Waals surface area contributed by atoms with Crippen molar-refractivity contribution in [3.8, 4) is 0 Å². The van der Waals surface area contributed by atoms with Crippen LogP contribution in [0.2, 0.25) is 0 Å². The van der Waals surface area contributed by atoms with E-state index in [1.807, 2.05) is 0 Å². The molecule has 1 atom stereocenters. The number of hydrogen-bond donors (Lipinski definition) is 0. The third-order valence-corrected chi connectivity index (χ3v) is 3.12. The summed E-state index contributed by atoms with van der Waals surface area (Å²) in [5, 5.41) is 0. The number of carbonyl (C=O) groups is 2. The predicted octanol–water partition coefficient (Wildman–Crippen LogP) is 2.51. The van der Waals surface area contributed by atoms with Gasteiger partial charge in [0.15, 0.2) is 0 Å². The summed E-state index contributed by atoms with van der Waals surface area (Å²) in [5.41, 5.74) is -0.799. The normalized spacial score (nSPS) is 20.4. The zero-order valence-corrected chi connectivity index (χ0v) is 13.2. The van der Waals surface area contributed by atoms with Gasteiger partial charge in [0.1, 0.15) is 18.5 Å². The molecule has 1 aliphatic rings. The SMILES string of the molecule is CC(C)(C)OC(=O)N1CC(F)(F)C[C@H]1COC(=O)n1ccnc1. The first kappa shape index (κ1) is 17.2. The van der Waals surface area contributed by atoms with Gasteiger partial charge < -0.3 is 9.47 Å². The Kier molecular flexibility index (Phi) is 4.58. The largest absolute Gasteiger partial charge is 0.447 e. The Morgan fingerprint density at radius 2 is 2.04 bits per heavy atom. The standard InChI is InChI=1S/C14H19F2N3O4/c1-13(2,3)23-12(21)19-8-14(15,16)6-10(19)7-22-11(20)18-5-4-17-9-18/h4-5,9-10H,6-8H2,1-3H3/t10-/m0/s1. The fourth-order valence-corrected chi connectivity index (χ4v) is 2.19. The van der Waals surface area contributed by atoms with Crippen LogP contribution in [0.3, 0.4) is 0 Å². The summed E-state index contributed by atoms with van der Waals surface area (Å²) >= 11 is 0. The maximum Gasteiger partial charge on any atom is 0.419 e. The summed E-state index contributed by atoms with van der Waals surface area (Å²) < 4.78 is 38.4. The van der Waals surface area contributed by atoms with Crippen LogP contribution < -0.4 is 0 Å². The average Bonchev–Trinajstić information content (AvgIpc) is 3.01. The van der Waals surface area contributed by atoms with E-state index in [-0.39, 0.29) is 6.61 Å². The minimum atomic E-state index is -3.04. The van der Waals surface area contributed by atoms with Gasteiger partial charge >= 0.3 is 12.2 Å². The second-order valence-electron chi connectivity index (χ2n) is 6.37. The summed E-state index contributed by atoms with van der Waals surface area (Å²) in [6, 6.07) is -0.938. The summed E-state index contributed by atoms with van der Waals surface area (Å²) in [5.74, 6) is -3.04. The molecule has 2 rings (SSSR count). The third-order valence-electron chi connectivity index (χ3n) is 3.12. The van der Waals surface area contributed by atoms with Gasteiger partial charge in [-0.3, -0.25) is 4.90 Å². The smallest absolute Gasteiger partial charge is 0.419 e. The molecule has 1 aromatic rings. The Labute approximate surface area is 132 Å². The molecule has 1 amide bonds. The second kappa shape index (κ2) is 6.13. The highest BCUT2D eigenvalue weighted by Gasteiger charge is 2.48. The van der Waals surface area contributed by atoms with Gasteiger partial charge in [-0.1, -0.05) is 0 Å². The maximum atomic E-state index is 13.6. The first-order chi connectivity index (χ1) is 10.6. The van der Waals surface area contributed by atoms with Gasteiger partial charge in [0.2, 0.25) is 0 Å². The molecule has 0 spiro atoms. The summed E-state index contributed by atoms with van der Waals surface area (Å²) in [4.78, 5) is 28.4. The van der Waals surface area contributed by atoms with E-state index in [2.05, 4.69) is 4.98 Å². The van der Waals surface area contributed by atoms with Gasteiger partial charge in [0, 0.05) is 18.8 Å². The molecule has 1 fully saturated rings. The van der Waals surface area contributed by atoms with Crippen molar-refractivity contribution in [3.05, 3.63) is 18.7 Å².